The molecule has 2 heterocycles. The Morgan fingerprint density at radius 2 is 2.00 bits per heavy atom. The van der Waals surface area contributed by atoms with E-state index in [0.717, 1.165) is 16.7 Å². The third kappa shape index (κ3) is 3.03. The van der Waals surface area contributed by atoms with Gasteiger partial charge in [0.15, 0.2) is 0 Å². The SMILES string of the molecule is C1=CCSC=C1.c1ccc2occc2c1. The number of hydrogen-bond acceptors (Lipinski definition) is 2. The lowest BCUT2D eigenvalue weighted by Gasteiger charge is -1.88. The van der Waals surface area contributed by atoms with Gasteiger partial charge in [0.25, 0.3) is 0 Å². The van der Waals surface area contributed by atoms with Crippen LogP contribution in [-0.2, 0) is 0 Å². The molecule has 76 valence electrons. The lowest BCUT2D eigenvalue weighted by molar-refractivity contribution is 0.616. The van der Waals surface area contributed by atoms with E-state index in [1.165, 1.54) is 0 Å². The Bertz CT molecular complexity index is 426. The van der Waals surface area contributed by atoms with Crippen molar-refractivity contribution < 1.29 is 4.42 Å². The van der Waals surface area contributed by atoms with Gasteiger partial charge in [0, 0.05) is 11.1 Å². The smallest absolute Gasteiger partial charge is 0.133 e. The van der Waals surface area contributed by atoms with E-state index in [1.54, 1.807) is 6.26 Å². The number of benzene rings is 1. The van der Waals surface area contributed by atoms with Gasteiger partial charge in [-0.05, 0) is 17.5 Å². The van der Waals surface area contributed by atoms with Gasteiger partial charge in [-0.25, -0.2) is 0 Å². The van der Waals surface area contributed by atoms with Crippen LogP contribution in [0.2, 0.25) is 0 Å². The fraction of sp³-hybridized carbons (Fsp3) is 0.0769. The fourth-order valence-electron chi connectivity index (χ4n) is 1.25. The zero-order valence-corrected chi connectivity index (χ0v) is 9.11. The molecule has 1 aliphatic rings. The number of furan rings is 1. The zero-order valence-electron chi connectivity index (χ0n) is 8.30. The van der Waals surface area contributed by atoms with E-state index < -0.39 is 0 Å². The zero-order chi connectivity index (χ0) is 10.3. The van der Waals surface area contributed by atoms with E-state index in [0.29, 0.717) is 0 Å². The van der Waals surface area contributed by atoms with Crippen LogP contribution >= 0.6 is 11.8 Å². The Labute approximate surface area is 93.5 Å². The molecule has 0 spiro atoms. The Balaban J connectivity index is 0.000000124. The molecule has 0 N–H and O–H groups in total. The Morgan fingerprint density at radius 3 is 2.60 bits per heavy atom. The lowest BCUT2D eigenvalue weighted by atomic mass is 10.3. The monoisotopic (exact) mass is 216 g/mol. The minimum atomic E-state index is 0.956. The molecule has 1 nitrogen and oxygen atoms in total. The van der Waals surface area contributed by atoms with Gasteiger partial charge in [0.1, 0.15) is 5.58 Å². The molecule has 0 atom stereocenters. The molecule has 0 bridgehead atoms. The van der Waals surface area contributed by atoms with Crippen molar-refractivity contribution >= 4 is 22.7 Å². The van der Waals surface area contributed by atoms with Gasteiger partial charge >= 0.3 is 0 Å². The molecule has 0 fully saturated rings. The van der Waals surface area contributed by atoms with Crippen LogP contribution in [0.1, 0.15) is 0 Å². The average molecular weight is 216 g/mol. The summed E-state index contributed by atoms with van der Waals surface area (Å²) in [7, 11) is 0. The first-order valence-corrected chi connectivity index (χ1v) is 5.87. The molecule has 2 aromatic rings. The van der Waals surface area contributed by atoms with Crippen LogP contribution in [0.3, 0.4) is 0 Å². The fourth-order valence-corrected chi connectivity index (χ4v) is 1.79. The summed E-state index contributed by atoms with van der Waals surface area (Å²) >= 11 is 1.83. The first-order valence-electron chi connectivity index (χ1n) is 4.82. The van der Waals surface area contributed by atoms with Crippen molar-refractivity contribution in [2.45, 2.75) is 0 Å². The third-order valence-electron chi connectivity index (χ3n) is 1.98. The van der Waals surface area contributed by atoms with Gasteiger partial charge < -0.3 is 4.42 Å². The van der Waals surface area contributed by atoms with Crippen molar-refractivity contribution in [1.29, 1.82) is 0 Å². The van der Waals surface area contributed by atoms with Crippen molar-refractivity contribution in [1.82, 2.24) is 0 Å². The number of allylic oxidation sites excluding steroid dienone is 2. The van der Waals surface area contributed by atoms with Crippen molar-refractivity contribution in [3.05, 3.63) is 60.2 Å². The highest BCUT2D eigenvalue weighted by Crippen LogP contribution is 2.12. The van der Waals surface area contributed by atoms with Crippen LogP contribution in [0.5, 0.6) is 0 Å². The van der Waals surface area contributed by atoms with Gasteiger partial charge in [-0.1, -0.05) is 36.4 Å². The van der Waals surface area contributed by atoms with E-state index in [9.17, 15) is 0 Å². The van der Waals surface area contributed by atoms with Crippen LogP contribution in [-0.4, -0.2) is 5.75 Å². The summed E-state index contributed by atoms with van der Waals surface area (Å²) in [6, 6.07) is 9.90. The van der Waals surface area contributed by atoms with Crippen LogP contribution in [0.4, 0.5) is 0 Å². The maximum Gasteiger partial charge on any atom is 0.133 e. The number of fused-ring (bicyclic) bond motifs is 1. The minimum Gasteiger partial charge on any atom is -0.464 e. The maximum absolute atomic E-state index is 5.12. The van der Waals surface area contributed by atoms with Crippen LogP contribution in [0, 0.1) is 0 Å². The van der Waals surface area contributed by atoms with Gasteiger partial charge in [-0.15, -0.1) is 11.8 Å². The summed E-state index contributed by atoms with van der Waals surface area (Å²) in [5.41, 5.74) is 0.956. The van der Waals surface area contributed by atoms with Crippen molar-refractivity contribution in [3.63, 3.8) is 0 Å². The highest BCUT2D eigenvalue weighted by Gasteiger charge is 1.89. The molecule has 0 saturated heterocycles. The first-order chi connectivity index (χ1) is 7.47. The highest BCUT2D eigenvalue weighted by molar-refractivity contribution is 8.02. The topological polar surface area (TPSA) is 13.1 Å². The Hall–Kier alpha value is -1.41. The van der Waals surface area contributed by atoms with Crippen LogP contribution in [0.15, 0.2) is 64.6 Å². The van der Waals surface area contributed by atoms with E-state index >= 15 is 0 Å². The molecule has 15 heavy (non-hydrogen) atoms. The molecule has 1 aliphatic heterocycles. The maximum atomic E-state index is 5.12. The summed E-state index contributed by atoms with van der Waals surface area (Å²) in [5.74, 6) is 1.15. The molecule has 3 rings (SSSR count). The summed E-state index contributed by atoms with van der Waals surface area (Å²) in [6.45, 7) is 0. The third-order valence-corrected chi connectivity index (χ3v) is 2.71. The van der Waals surface area contributed by atoms with Gasteiger partial charge in [0.05, 0.1) is 6.26 Å². The van der Waals surface area contributed by atoms with E-state index in [4.69, 9.17) is 4.42 Å². The second-order valence-corrected chi connectivity index (χ2v) is 3.99. The number of hydrogen-bond donors (Lipinski definition) is 0. The first kappa shape index (κ1) is 10.1. The predicted octanol–water partition coefficient (Wildman–Crippen LogP) is 4.24. The van der Waals surface area contributed by atoms with Crippen molar-refractivity contribution in [2.75, 3.05) is 5.75 Å². The molecule has 1 aromatic carbocycles. The minimum absolute atomic E-state index is 0.956. The molecule has 0 saturated carbocycles. The van der Waals surface area contributed by atoms with E-state index in [-0.39, 0.29) is 0 Å². The predicted molar refractivity (Wildman–Crippen MR) is 67.0 cm³/mol. The van der Waals surface area contributed by atoms with Crippen molar-refractivity contribution in [3.8, 4) is 0 Å². The molecular formula is C13H12OS. The summed E-state index contributed by atoms with van der Waals surface area (Å²) in [5, 5.41) is 3.26. The standard InChI is InChI=1S/C8H6O.C5H6S/c1-2-4-8-7(3-1)5-6-9-8;1-2-4-6-5-3-1/h1-6H;1-4H,5H2. The van der Waals surface area contributed by atoms with E-state index in [1.807, 2.05) is 48.2 Å². The van der Waals surface area contributed by atoms with Gasteiger partial charge in [-0.3, -0.25) is 0 Å². The largest absolute Gasteiger partial charge is 0.464 e. The number of rotatable bonds is 0. The Kier molecular flexibility index (Phi) is 3.69. The molecule has 2 heteroatoms. The average Bonchev–Trinajstić information content (AvgIpc) is 2.80. The second kappa shape index (κ2) is 5.47. The second-order valence-electron chi connectivity index (χ2n) is 3.05. The summed E-state index contributed by atoms with van der Waals surface area (Å²) < 4.78 is 5.12. The summed E-state index contributed by atoms with van der Waals surface area (Å²) in [4.78, 5) is 0. The van der Waals surface area contributed by atoms with E-state index in [2.05, 4.69) is 17.6 Å². The normalized spacial score (nSPS) is 13.6. The molecule has 0 aliphatic carbocycles. The Morgan fingerprint density at radius 1 is 1.07 bits per heavy atom. The number of para-hydroxylation sites is 1. The van der Waals surface area contributed by atoms with Crippen LogP contribution in [0.25, 0.3) is 11.0 Å². The van der Waals surface area contributed by atoms with Gasteiger partial charge in [0.2, 0.25) is 0 Å². The van der Waals surface area contributed by atoms with Crippen molar-refractivity contribution in [2.24, 2.45) is 0 Å². The van der Waals surface area contributed by atoms with Gasteiger partial charge in [-0.2, -0.15) is 0 Å². The number of thioether (sulfide) groups is 1. The highest BCUT2D eigenvalue weighted by atomic mass is 32.2. The summed E-state index contributed by atoms with van der Waals surface area (Å²) in [6.07, 6.45) is 7.96. The molecule has 0 amide bonds. The molecule has 0 radical (unpaired) electrons. The quantitative estimate of drug-likeness (QED) is 0.653. The molecule has 0 unspecified atom stereocenters. The molecule has 1 aromatic heterocycles. The lowest BCUT2D eigenvalue weighted by Crippen LogP contribution is -1.67. The molecular weight excluding hydrogens is 204 g/mol. The van der Waals surface area contributed by atoms with Crippen LogP contribution < -0.4 is 0 Å².